The zero-order chi connectivity index (χ0) is 9.47. The number of rotatable bonds is 0. The predicted octanol–water partition coefficient (Wildman–Crippen LogP) is 0.204. The van der Waals surface area contributed by atoms with Crippen molar-refractivity contribution in [3.63, 3.8) is 0 Å². The van der Waals surface area contributed by atoms with Gasteiger partial charge in [-0.25, -0.2) is 5.01 Å². The van der Waals surface area contributed by atoms with Crippen LogP contribution >= 0.6 is 0 Å². The Hall–Kier alpha value is -0.900. The van der Waals surface area contributed by atoms with E-state index in [1.807, 2.05) is 6.92 Å². The van der Waals surface area contributed by atoms with Crippen LogP contribution in [0.5, 0.6) is 0 Å². The third-order valence-corrected chi connectivity index (χ3v) is 3.15. The minimum absolute atomic E-state index is 0.173. The van der Waals surface area contributed by atoms with E-state index in [0.717, 1.165) is 31.6 Å². The molecule has 0 saturated carbocycles. The van der Waals surface area contributed by atoms with Gasteiger partial charge in [-0.1, -0.05) is 0 Å². The van der Waals surface area contributed by atoms with E-state index >= 15 is 0 Å². The number of carbonyl (C=O) groups excluding carboxylic acids is 1. The molecule has 0 aliphatic carbocycles. The van der Waals surface area contributed by atoms with E-state index in [1.54, 1.807) is 7.05 Å². The maximum atomic E-state index is 11.9. The molecule has 2 aliphatic heterocycles. The highest BCUT2D eigenvalue weighted by molar-refractivity contribution is 6.11. The van der Waals surface area contributed by atoms with Gasteiger partial charge in [0.25, 0.3) is 5.91 Å². The van der Waals surface area contributed by atoms with Crippen molar-refractivity contribution >= 4 is 11.6 Å². The molecule has 2 rings (SSSR count). The van der Waals surface area contributed by atoms with Crippen molar-refractivity contribution in [1.82, 2.24) is 10.3 Å². The van der Waals surface area contributed by atoms with Crippen LogP contribution in [-0.4, -0.2) is 36.8 Å². The van der Waals surface area contributed by atoms with Crippen LogP contribution in [0.3, 0.4) is 0 Å². The fourth-order valence-electron chi connectivity index (χ4n) is 2.26. The van der Waals surface area contributed by atoms with Crippen molar-refractivity contribution in [3.8, 4) is 0 Å². The number of piperidine rings is 1. The summed E-state index contributed by atoms with van der Waals surface area (Å²) in [6, 6.07) is 0. The highest BCUT2D eigenvalue weighted by atomic mass is 16.2. The topological polar surface area (TPSA) is 44.7 Å². The van der Waals surface area contributed by atoms with Crippen LogP contribution in [0.15, 0.2) is 5.10 Å². The van der Waals surface area contributed by atoms with Crippen LogP contribution in [0.4, 0.5) is 0 Å². The van der Waals surface area contributed by atoms with Gasteiger partial charge in [-0.15, -0.1) is 0 Å². The van der Waals surface area contributed by atoms with E-state index in [9.17, 15) is 4.79 Å². The summed E-state index contributed by atoms with van der Waals surface area (Å²) in [5.41, 5.74) is 0.724. The van der Waals surface area contributed by atoms with Crippen molar-refractivity contribution in [3.05, 3.63) is 0 Å². The van der Waals surface area contributed by atoms with Gasteiger partial charge in [0.15, 0.2) is 0 Å². The molecule has 1 spiro atoms. The molecular formula is C9H15N3O. The highest BCUT2D eigenvalue weighted by Crippen LogP contribution is 2.36. The van der Waals surface area contributed by atoms with Crippen molar-refractivity contribution in [2.75, 3.05) is 20.1 Å². The summed E-state index contributed by atoms with van der Waals surface area (Å²) < 4.78 is 0. The molecule has 72 valence electrons. The zero-order valence-electron chi connectivity index (χ0n) is 8.13. The molecular weight excluding hydrogens is 166 g/mol. The molecule has 0 aromatic heterocycles. The average molecular weight is 181 g/mol. The fraction of sp³-hybridized carbons (Fsp3) is 0.778. The minimum atomic E-state index is -0.264. The van der Waals surface area contributed by atoms with Gasteiger partial charge in [0.2, 0.25) is 0 Å². The number of nitrogens with zero attached hydrogens (tertiary/aromatic N) is 2. The number of hydrazone groups is 1. The van der Waals surface area contributed by atoms with E-state index in [4.69, 9.17) is 0 Å². The highest BCUT2D eigenvalue weighted by Gasteiger charge is 2.48. The maximum absolute atomic E-state index is 11.9. The normalized spacial score (nSPS) is 26.8. The second kappa shape index (κ2) is 2.80. The number of nitrogens with one attached hydrogen (secondary N) is 1. The lowest BCUT2D eigenvalue weighted by atomic mass is 9.75. The van der Waals surface area contributed by atoms with E-state index in [0.29, 0.717) is 0 Å². The van der Waals surface area contributed by atoms with Crippen molar-refractivity contribution in [2.24, 2.45) is 10.5 Å². The third kappa shape index (κ3) is 1.09. The molecule has 0 atom stereocenters. The quantitative estimate of drug-likeness (QED) is 0.580. The van der Waals surface area contributed by atoms with Crippen molar-refractivity contribution in [2.45, 2.75) is 19.8 Å². The second-order valence-electron chi connectivity index (χ2n) is 3.85. The van der Waals surface area contributed by atoms with Gasteiger partial charge < -0.3 is 5.32 Å². The third-order valence-electron chi connectivity index (χ3n) is 3.15. The van der Waals surface area contributed by atoms with Gasteiger partial charge in [-0.3, -0.25) is 4.79 Å². The lowest BCUT2D eigenvalue weighted by Gasteiger charge is -2.31. The summed E-state index contributed by atoms with van der Waals surface area (Å²) >= 11 is 0. The maximum Gasteiger partial charge on any atom is 0.254 e. The Morgan fingerprint density at radius 1 is 1.46 bits per heavy atom. The summed E-state index contributed by atoms with van der Waals surface area (Å²) in [7, 11) is 1.74. The molecule has 1 fully saturated rings. The van der Waals surface area contributed by atoms with E-state index in [2.05, 4.69) is 10.4 Å². The molecule has 0 aromatic rings. The Morgan fingerprint density at radius 2 is 2.08 bits per heavy atom. The summed E-state index contributed by atoms with van der Waals surface area (Å²) in [4.78, 5) is 11.9. The van der Waals surface area contributed by atoms with Gasteiger partial charge >= 0.3 is 0 Å². The van der Waals surface area contributed by atoms with Gasteiger partial charge in [0.1, 0.15) is 0 Å². The molecule has 2 aliphatic rings. The summed E-state index contributed by atoms with van der Waals surface area (Å²) in [6.07, 6.45) is 1.79. The van der Waals surface area contributed by atoms with Crippen LogP contribution in [0.1, 0.15) is 19.8 Å². The molecule has 4 nitrogen and oxygen atoms in total. The van der Waals surface area contributed by atoms with Gasteiger partial charge in [0, 0.05) is 7.05 Å². The van der Waals surface area contributed by atoms with Gasteiger partial charge in [0.05, 0.1) is 11.1 Å². The molecule has 1 N–H and O–H groups in total. The van der Waals surface area contributed by atoms with E-state index < -0.39 is 0 Å². The molecule has 0 radical (unpaired) electrons. The Kier molecular flexibility index (Phi) is 1.87. The summed E-state index contributed by atoms with van der Waals surface area (Å²) in [5, 5.41) is 8.97. The van der Waals surface area contributed by atoms with E-state index in [-0.39, 0.29) is 11.3 Å². The van der Waals surface area contributed by atoms with Gasteiger partial charge in [-0.05, 0) is 32.9 Å². The van der Waals surface area contributed by atoms with Crippen molar-refractivity contribution in [1.29, 1.82) is 0 Å². The van der Waals surface area contributed by atoms with E-state index in [1.165, 1.54) is 5.01 Å². The van der Waals surface area contributed by atoms with Crippen LogP contribution in [-0.2, 0) is 4.79 Å². The predicted molar refractivity (Wildman–Crippen MR) is 50.4 cm³/mol. The molecule has 0 aromatic carbocycles. The van der Waals surface area contributed by atoms with Crippen molar-refractivity contribution < 1.29 is 4.79 Å². The zero-order valence-corrected chi connectivity index (χ0v) is 8.13. The Morgan fingerprint density at radius 3 is 2.54 bits per heavy atom. The summed E-state index contributed by atoms with van der Waals surface area (Å²) in [6.45, 7) is 3.81. The first-order valence-electron chi connectivity index (χ1n) is 4.71. The Bertz CT molecular complexity index is 266. The average Bonchev–Trinajstić information content (AvgIpc) is 2.34. The first-order chi connectivity index (χ1) is 6.17. The number of hydrogen-bond acceptors (Lipinski definition) is 3. The van der Waals surface area contributed by atoms with Crippen LogP contribution in [0.25, 0.3) is 0 Å². The van der Waals surface area contributed by atoms with Gasteiger partial charge in [-0.2, -0.15) is 5.10 Å². The molecule has 0 bridgehead atoms. The molecule has 4 heteroatoms. The number of hydrogen-bond donors (Lipinski definition) is 1. The minimum Gasteiger partial charge on any atom is -0.317 e. The SMILES string of the molecule is CC1=NN(C)C(=O)C12CCNCC2. The van der Waals surface area contributed by atoms with Crippen LogP contribution < -0.4 is 5.32 Å². The summed E-state index contributed by atoms with van der Waals surface area (Å²) in [5.74, 6) is 0.173. The molecule has 1 saturated heterocycles. The first kappa shape index (κ1) is 8.69. The monoisotopic (exact) mass is 181 g/mol. The molecule has 1 amide bonds. The number of amides is 1. The Labute approximate surface area is 78.0 Å². The van der Waals surface area contributed by atoms with Crippen LogP contribution in [0, 0.1) is 5.41 Å². The molecule has 13 heavy (non-hydrogen) atoms. The smallest absolute Gasteiger partial charge is 0.254 e. The number of carbonyl (C=O) groups is 1. The molecule has 2 heterocycles. The second-order valence-corrected chi connectivity index (χ2v) is 3.85. The Balaban J connectivity index is 2.30. The van der Waals surface area contributed by atoms with Crippen LogP contribution in [0.2, 0.25) is 0 Å². The largest absolute Gasteiger partial charge is 0.317 e. The lowest BCUT2D eigenvalue weighted by Crippen LogP contribution is -2.46. The standard InChI is InChI=1S/C9H15N3O/c1-7-9(3-5-10-6-4-9)8(13)12(2)11-7/h10H,3-6H2,1-2H3. The lowest BCUT2D eigenvalue weighted by molar-refractivity contribution is -0.135. The first-order valence-corrected chi connectivity index (χ1v) is 4.71. The molecule has 0 unspecified atom stereocenters. The fourth-order valence-corrected chi connectivity index (χ4v) is 2.26.